The molecule has 0 bridgehead atoms. The monoisotopic (exact) mass is 351 g/mol. The molecular formula is C22H41NO2. The molecule has 0 amide bonds. The lowest BCUT2D eigenvalue weighted by molar-refractivity contribution is -0.139. The second-order valence-electron chi connectivity index (χ2n) is 7.18. The summed E-state index contributed by atoms with van der Waals surface area (Å²) in [5.41, 5.74) is 0. The molecule has 0 fully saturated rings. The Morgan fingerprint density at radius 3 is 1.64 bits per heavy atom. The third-order valence-corrected chi connectivity index (χ3v) is 4.91. The fourth-order valence-electron chi connectivity index (χ4n) is 3.32. The van der Waals surface area contributed by atoms with Crippen LogP contribution in [0.25, 0.3) is 0 Å². The predicted molar refractivity (Wildman–Crippen MR) is 109 cm³/mol. The van der Waals surface area contributed by atoms with Gasteiger partial charge in [-0.15, -0.1) is 0 Å². The molecule has 2 unspecified atom stereocenters. The number of aliphatic carboxylic acids is 1. The summed E-state index contributed by atoms with van der Waals surface area (Å²) in [6, 6.07) is 0.687. The van der Waals surface area contributed by atoms with E-state index >= 15 is 0 Å². The van der Waals surface area contributed by atoms with Crippen LogP contribution in [0.1, 0.15) is 91.9 Å². The third-order valence-electron chi connectivity index (χ3n) is 4.91. The molecule has 0 saturated carbocycles. The number of hydrogen-bond acceptors (Lipinski definition) is 2. The van der Waals surface area contributed by atoms with E-state index in [1.54, 1.807) is 0 Å². The normalized spacial score (nSPS) is 14.6. The van der Waals surface area contributed by atoms with Crippen LogP contribution in [0.4, 0.5) is 0 Å². The minimum absolute atomic E-state index is 0.166. The minimum Gasteiger partial charge on any atom is -0.480 e. The van der Waals surface area contributed by atoms with Crippen LogP contribution in [0, 0.1) is 0 Å². The van der Waals surface area contributed by atoms with Crippen molar-refractivity contribution < 1.29 is 9.90 Å². The first-order chi connectivity index (χ1) is 12.0. The van der Waals surface area contributed by atoms with Crippen molar-refractivity contribution in [2.24, 2.45) is 0 Å². The predicted octanol–water partition coefficient (Wildman–Crippen LogP) is 6.20. The number of nitrogens with zero attached hydrogens (tertiary/aromatic N) is 1. The zero-order valence-electron chi connectivity index (χ0n) is 17.0. The molecule has 146 valence electrons. The molecule has 0 aliphatic rings. The van der Waals surface area contributed by atoms with Gasteiger partial charge in [-0.3, -0.25) is 9.69 Å². The van der Waals surface area contributed by atoms with Gasteiger partial charge < -0.3 is 5.11 Å². The first-order valence-electron chi connectivity index (χ1n) is 10.2. The van der Waals surface area contributed by atoms with Crippen LogP contribution in [0.2, 0.25) is 0 Å². The summed E-state index contributed by atoms with van der Waals surface area (Å²) in [5.74, 6) is -0.708. The van der Waals surface area contributed by atoms with Gasteiger partial charge in [0.05, 0.1) is 6.54 Å². The first kappa shape index (κ1) is 23.9. The summed E-state index contributed by atoms with van der Waals surface area (Å²) in [6.45, 7) is 8.68. The van der Waals surface area contributed by atoms with E-state index in [-0.39, 0.29) is 6.54 Å². The molecule has 25 heavy (non-hydrogen) atoms. The minimum atomic E-state index is -0.708. The molecule has 0 aromatic rings. The lowest BCUT2D eigenvalue weighted by Crippen LogP contribution is -2.43. The van der Waals surface area contributed by atoms with Crippen molar-refractivity contribution in [3.8, 4) is 0 Å². The number of hydrogen-bond donors (Lipinski definition) is 1. The Morgan fingerprint density at radius 2 is 1.28 bits per heavy atom. The van der Waals surface area contributed by atoms with Crippen molar-refractivity contribution in [2.75, 3.05) is 6.54 Å². The lowest BCUT2D eigenvalue weighted by Gasteiger charge is -2.33. The summed E-state index contributed by atoms with van der Waals surface area (Å²) >= 11 is 0. The van der Waals surface area contributed by atoms with Crippen molar-refractivity contribution in [3.05, 3.63) is 24.3 Å². The van der Waals surface area contributed by atoms with Crippen molar-refractivity contribution in [3.63, 3.8) is 0 Å². The quantitative estimate of drug-likeness (QED) is 0.266. The average Bonchev–Trinajstić information content (AvgIpc) is 2.58. The van der Waals surface area contributed by atoms with Crippen LogP contribution in [-0.2, 0) is 4.79 Å². The summed E-state index contributed by atoms with van der Waals surface area (Å²) in [5, 5.41) is 9.26. The standard InChI is InChI=1S/C22H41NO2/c1-5-7-9-11-13-15-17-20(3)23(19-22(24)25)21(4)18-16-14-12-10-8-6-2/h5-8,20-21H,9-19H2,1-4H3,(H,24,25)/b7-5+,8-6+. The van der Waals surface area contributed by atoms with Crippen LogP contribution >= 0.6 is 0 Å². The Balaban J connectivity index is 4.19. The second kappa shape index (κ2) is 16.4. The Morgan fingerprint density at radius 1 is 0.840 bits per heavy atom. The van der Waals surface area contributed by atoms with Gasteiger partial charge in [-0.05, 0) is 66.2 Å². The highest BCUT2D eigenvalue weighted by molar-refractivity contribution is 5.69. The number of carbonyl (C=O) groups is 1. The zero-order valence-corrected chi connectivity index (χ0v) is 17.0. The molecule has 0 saturated heterocycles. The molecule has 0 radical (unpaired) electrons. The second-order valence-corrected chi connectivity index (χ2v) is 7.18. The highest BCUT2D eigenvalue weighted by atomic mass is 16.4. The molecule has 0 aliphatic heterocycles. The highest BCUT2D eigenvalue weighted by Gasteiger charge is 2.21. The van der Waals surface area contributed by atoms with Crippen LogP contribution < -0.4 is 0 Å². The van der Waals surface area contributed by atoms with Gasteiger partial charge in [-0.1, -0.05) is 50.0 Å². The third kappa shape index (κ3) is 13.8. The van der Waals surface area contributed by atoms with Gasteiger partial charge in [0.15, 0.2) is 0 Å². The fourth-order valence-corrected chi connectivity index (χ4v) is 3.32. The summed E-state index contributed by atoms with van der Waals surface area (Å²) in [7, 11) is 0. The number of carboxylic acid groups (broad SMARTS) is 1. The number of unbranched alkanes of at least 4 members (excludes halogenated alkanes) is 6. The molecular weight excluding hydrogens is 310 g/mol. The van der Waals surface area contributed by atoms with E-state index in [2.05, 4.69) is 56.9 Å². The molecule has 0 aromatic carbocycles. The molecule has 0 spiro atoms. The van der Waals surface area contributed by atoms with E-state index < -0.39 is 5.97 Å². The van der Waals surface area contributed by atoms with Gasteiger partial charge in [0.2, 0.25) is 0 Å². The molecule has 3 nitrogen and oxygen atoms in total. The van der Waals surface area contributed by atoms with Crippen molar-refractivity contribution in [1.82, 2.24) is 4.90 Å². The Hall–Kier alpha value is -1.09. The number of allylic oxidation sites excluding steroid dienone is 4. The molecule has 0 aliphatic carbocycles. The molecule has 0 rings (SSSR count). The summed E-state index contributed by atoms with van der Waals surface area (Å²) in [4.78, 5) is 13.5. The van der Waals surface area contributed by atoms with Gasteiger partial charge in [-0.2, -0.15) is 0 Å². The molecule has 0 aromatic heterocycles. The summed E-state index contributed by atoms with van der Waals surface area (Å²) in [6.07, 6.45) is 20.5. The van der Waals surface area contributed by atoms with Gasteiger partial charge in [0.1, 0.15) is 0 Å². The first-order valence-corrected chi connectivity index (χ1v) is 10.2. The summed E-state index contributed by atoms with van der Waals surface area (Å²) < 4.78 is 0. The zero-order chi connectivity index (χ0) is 18.9. The van der Waals surface area contributed by atoms with E-state index in [1.165, 1.54) is 38.5 Å². The van der Waals surface area contributed by atoms with E-state index in [0.29, 0.717) is 12.1 Å². The van der Waals surface area contributed by atoms with Crippen LogP contribution in [0.15, 0.2) is 24.3 Å². The Labute approximate surface area is 156 Å². The Bertz CT molecular complexity index is 348. The highest BCUT2D eigenvalue weighted by Crippen LogP contribution is 2.18. The van der Waals surface area contributed by atoms with Crippen LogP contribution in [0.5, 0.6) is 0 Å². The maximum Gasteiger partial charge on any atom is 0.317 e. The smallest absolute Gasteiger partial charge is 0.317 e. The number of rotatable bonds is 16. The molecule has 2 atom stereocenters. The van der Waals surface area contributed by atoms with E-state index in [0.717, 1.165) is 25.7 Å². The maximum atomic E-state index is 11.3. The van der Waals surface area contributed by atoms with Gasteiger partial charge in [-0.25, -0.2) is 0 Å². The van der Waals surface area contributed by atoms with Crippen molar-refractivity contribution >= 4 is 5.97 Å². The Kier molecular flexibility index (Phi) is 15.7. The lowest BCUT2D eigenvalue weighted by atomic mass is 10.0. The topological polar surface area (TPSA) is 40.5 Å². The van der Waals surface area contributed by atoms with Crippen LogP contribution in [-0.4, -0.2) is 34.6 Å². The molecule has 3 heteroatoms. The van der Waals surface area contributed by atoms with E-state index in [4.69, 9.17) is 0 Å². The van der Waals surface area contributed by atoms with Crippen molar-refractivity contribution in [2.45, 2.75) is 104 Å². The van der Waals surface area contributed by atoms with E-state index in [9.17, 15) is 9.90 Å². The molecule has 1 N–H and O–H groups in total. The van der Waals surface area contributed by atoms with Gasteiger partial charge >= 0.3 is 5.97 Å². The average molecular weight is 352 g/mol. The molecule has 0 heterocycles. The largest absolute Gasteiger partial charge is 0.480 e. The maximum absolute atomic E-state index is 11.3. The van der Waals surface area contributed by atoms with Gasteiger partial charge in [0, 0.05) is 12.1 Å². The SMILES string of the molecule is C/C=C/CCCCCC(C)N(CC(=O)O)C(C)CCCCC/C=C/C. The van der Waals surface area contributed by atoms with Crippen molar-refractivity contribution in [1.29, 1.82) is 0 Å². The van der Waals surface area contributed by atoms with E-state index in [1.807, 2.05) is 0 Å². The fraction of sp³-hybridized carbons (Fsp3) is 0.773. The van der Waals surface area contributed by atoms with Crippen LogP contribution in [0.3, 0.4) is 0 Å². The van der Waals surface area contributed by atoms with Gasteiger partial charge in [0.25, 0.3) is 0 Å². The number of carboxylic acids is 1.